The van der Waals surface area contributed by atoms with Crippen molar-refractivity contribution in [1.29, 1.82) is 0 Å². The number of anilines is 1. The topological polar surface area (TPSA) is 130 Å². The molecule has 4 rings (SSSR count). The largest absolute Gasteiger partial charge is 0.360 e. The third-order valence-corrected chi connectivity index (χ3v) is 9.66. The van der Waals surface area contributed by atoms with Gasteiger partial charge < -0.3 is 26.6 Å². The van der Waals surface area contributed by atoms with E-state index < -0.39 is 12.1 Å². The van der Waals surface area contributed by atoms with Crippen LogP contribution in [0, 0.1) is 12.8 Å². The van der Waals surface area contributed by atoms with Crippen LogP contribution >= 0.6 is 46.1 Å². The van der Waals surface area contributed by atoms with Gasteiger partial charge in [-0.3, -0.25) is 9.59 Å². The molecule has 1 aliphatic rings. The maximum Gasteiger partial charge on any atom is 0.240 e. The zero-order valence-electron chi connectivity index (χ0n) is 25.9. The van der Waals surface area contributed by atoms with E-state index in [0.717, 1.165) is 34.7 Å². The Bertz CT molecular complexity index is 1440. The Hall–Kier alpha value is -2.47. The fourth-order valence-electron chi connectivity index (χ4n) is 5.92. The lowest BCUT2D eigenvalue weighted by Crippen LogP contribution is -2.65. The van der Waals surface area contributed by atoms with Crippen molar-refractivity contribution in [3.8, 4) is 0 Å². The molecular formula is C32H42Cl3N7O2S. The number of benzene rings is 2. The van der Waals surface area contributed by atoms with E-state index in [4.69, 9.17) is 46.3 Å². The van der Waals surface area contributed by atoms with Crippen molar-refractivity contribution < 1.29 is 9.59 Å². The molecule has 0 saturated carbocycles. The molecule has 13 heteroatoms. The number of halogens is 3. The van der Waals surface area contributed by atoms with Crippen LogP contribution in [-0.4, -0.2) is 75.6 Å². The van der Waals surface area contributed by atoms with E-state index in [0.29, 0.717) is 53.5 Å². The van der Waals surface area contributed by atoms with Crippen molar-refractivity contribution in [2.45, 2.75) is 77.0 Å². The van der Waals surface area contributed by atoms with E-state index in [1.54, 1.807) is 23.7 Å². The van der Waals surface area contributed by atoms with Gasteiger partial charge in [0.05, 0.1) is 12.1 Å². The van der Waals surface area contributed by atoms with Crippen LogP contribution in [0.3, 0.4) is 0 Å². The average molecular weight is 695 g/mol. The van der Waals surface area contributed by atoms with E-state index >= 15 is 0 Å². The second kappa shape index (κ2) is 16.4. The molecule has 0 radical (unpaired) electrons. The molecule has 1 fully saturated rings. The highest BCUT2D eigenvalue weighted by atomic mass is 35.5. The normalized spacial score (nSPS) is 18.2. The molecule has 5 N–H and O–H groups in total. The van der Waals surface area contributed by atoms with Gasteiger partial charge in [0.25, 0.3) is 0 Å². The number of nitrogens with one attached hydrogen (secondary N) is 1. The van der Waals surface area contributed by atoms with Gasteiger partial charge in [0, 0.05) is 46.8 Å². The van der Waals surface area contributed by atoms with Gasteiger partial charge in [0.15, 0.2) is 0 Å². The minimum absolute atomic E-state index is 0.121. The number of nitrogens with zero attached hydrogens (tertiary/aromatic N) is 4. The van der Waals surface area contributed by atoms with Crippen LogP contribution in [0.4, 0.5) is 5.13 Å². The van der Waals surface area contributed by atoms with E-state index in [9.17, 15) is 9.59 Å². The molecule has 1 unspecified atom stereocenters. The van der Waals surface area contributed by atoms with Crippen LogP contribution in [0.15, 0.2) is 41.9 Å². The van der Waals surface area contributed by atoms with Crippen LogP contribution in [0.5, 0.6) is 0 Å². The number of carbonyl (C=O) groups excluding carboxylic acids is 2. The Morgan fingerprint density at radius 1 is 0.956 bits per heavy atom. The first-order valence-corrected chi connectivity index (χ1v) is 17.2. The van der Waals surface area contributed by atoms with Crippen molar-refractivity contribution in [2.75, 3.05) is 25.0 Å². The van der Waals surface area contributed by atoms with Crippen LogP contribution in [-0.2, 0) is 22.4 Å². The predicted molar refractivity (Wildman–Crippen MR) is 184 cm³/mol. The summed E-state index contributed by atoms with van der Waals surface area (Å²) in [5.41, 5.74) is 17.5. The molecule has 244 valence electrons. The summed E-state index contributed by atoms with van der Waals surface area (Å²) in [7, 11) is 0. The monoisotopic (exact) mass is 693 g/mol. The lowest BCUT2D eigenvalue weighted by atomic mass is 9.93. The number of hydrogen-bond donors (Lipinski definition) is 3. The maximum absolute atomic E-state index is 14.0. The van der Waals surface area contributed by atoms with Gasteiger partial charge >= 0.3 is 0 Å². The molecule has 9 nitrogen and oxygen atoms in total. The molecule has 2 aromatic carbocycles. The molecule has 4 atom stereocenters. The fraction of sp³-hybridized carbons (Fsp3) is 0.500. The first-order chi connectivity index (χ1) is 21.4. The lowest BCUT2D eigenvalue weighted by molar-refractivity contribution is -0.149. The molecule has 2 amide bonds. The fourth-order valence-corrected chi connectivity index (χ4v) is 7.10. The summed E-state index contributed by atoms with van der Waals surface area (Å²) in [5, 5.41) is 13.6. The molecule has 0 spiro atoms. The summed E-state index contributed by atoms with van der Waals surface area (Å²) in [6.45, 7) is 7.61. The molecule has 0 bridgehead atoms. The van der Waals surface area contributed by atoms with Crippen molar-refractivity contribution in [1.82, 2.24) is 20.0 Å². The number of piperazine rings is 1. The highest BCUT2D eigenvalue weighted by Crippen LogP contribution is 2.27. The third kappa shape index (κ3) is 9.76. The summed E-state index contributed by atoms with van der Waals surface area (Å²) in [6.07, 6.45) is 2.82. The molecule has 3 aromatic rings. The Kier molecular flexibility index (Phi) is 12.9. The number of nitrogens with two attached hydrogens (primary N) is 2. The molecule has 45 heavy (non-hydrogen) atoms. The van der Waals surface area contributed by atoms with Gasteiger partial charge in [-0.05, 0) is 85.9 Å². The second-order valence-electron chi connectivity index (χ2n) is 12.2. The van der Waals surface area contributed by atoms with E-state index in [2.05, 4.69) is 29.4 Å². The predicted octanol–water partition coefficient (Wildman–Crippen LogP) is 5.59. The van der Waals surface area contributed by atoms with Crippen molar-refractivity contribution in [3.05, 3.63) is 73.7 Å². The van der Waals surface area contributed by atoms with Crippen LogP contribution in [0.1, 0.15) is 49.8 Å². The van der Waals surface area contributed by atoms with Gasteiger partial charge in [-0.25, -0.2) is 0 Å². The molecule has 1 aliphatic heterocycles. The van der Waals surface area contributed by atoms with E-state index in [1.165, 1.54) is 11.3 Å². The van der Waals surface area contributed by atoms with Gasteiger partial charge in [-0.1, -0.05) is 72.1 Å². The molecule has 2 heterocycles. The first kappa shape index (κ1) is 35.4. The quantitative estimate of drug-likeness (QED) is 0.199. The van der Waals surface area contributed by atoms with Crippen LogP contribution < -0.4 is 16.8 Å². The Morgan fingerprint density at radius 3 is 2.16 bits per heavy atom. The molecule has 1 aromatic heterocycles. The standard InChI is InChI=1S/C32H42Cl3N7O2S/c1-19(2)11-26-17-41(30(43)28(36)13-21-6-8-23(33)12-20(21)3)25(5-4-10-38-32-40-39-18-45-32)16-42(26)31(44)29(37)14-22-7-9-24(34)15-27(22)35/h6-9,12,15,18-19,25-26,28-29H,4-5,10-11,13-14,16-17,36-37H2,1-3H3,(H,38,40)/t25?,26-,28-,29+/m1/s1. The highest BCUT2D eigenvalue weighted by Gasteiger charge is 2.41. The summed E-state index contributed by atoms with van der Waals surface area (Å²) in [6, 6.07) is 8.86. The second-order valence-corrected chi connectivity index (χ2v) is 14.3. The third-order valence-electron chi connectivity index (χ3n) is 8.19. The van der Waals surface area contributed by atoms with Crippen molar-refractivity contribution in [3.63, 3.8) is 0 Å². The summed E-state index contributed by atoms with van der Waals surface area (Å²) < 4.78 is 0. The van der Waals surface area contributed by atoms with Gasteiger partial charge in [-0.15, -0.1) is 10.2 Å². The number of amides is 2. The van der Waals surface area contributed by atoms with Crippen LogP contribution in [0.2, 0.25) is 15.1 Å². The Morgan fingerprint density at radius 2 is 1.56 bits per heavy atom. The number of aryl methyl sites for hydroxylation is 1. The lowest BCUT2D eigenvalue weighted by Gasteiger charge is -2.48. The highest BCUT2D eigenvalue weighted by molar-refractivity contribution is 7.13. The Labute approximate surface area is 284 Å². The molecule has 0 aliphatic carbocycles. The van der Waals surface area contributed by atoms with E-state index in [1.807, 2.05) is 34.9 Å². The molecular weight excluding hydrogens is 653 g/mol. The first-order valence-electron chi connectivity index (χ1n) is 15.2. The summed E-state index contributed by atoms with van der Waals surface area (Å²) in [5.74, 6) is 0.0172. The minimum Gasteiger partial charge on any atom is -0.360 e. The van der Waals surface area contributed by atoms with Gasteiger partial charge in [-0.2, -0.15) is 0 Å². The number of hydrogen-bond acceptors (Lipinski definition) is 8. The van der Waals surface area contributed by atoms with Crippen molar-refractivity contribution in [2.24, 2.45) is 17.4 Å². The maximum atomic E-state index is 14.0. The zero-order chi connectivity index (χ0) is 32.7. The number of aromatic nitrogens is 2. The smallest absolute Gasteiger partial charge is 0.240 e. The van der Waals surface area contributed by atoms with Gasteiger partial charge in [0.1, 0.15) is 5.51 Å². The summed E-state index contributed by atoms with van der Waals surface area (Å²) >= 11 is 20.1. The Balaban J connectivity index is 1.54. The summed E-state index contributed by atoms with van der Waals surface area (Å²) in [4.78, 5) is 31.8. The van der Waals surface area contributed by atoms with Crippen LogP contribution in [0.25, 0.3) is 0 Å². The zero-order valence-corrected chi connectivity index (χ0v) is 29.0. The van der Waals surface area contributed by atoms with E-state index in [-0.39, 0.29) is 30.3 Å². The average Bonchev–Trinajstić information content (AvgIpc) is 3.51. The number of rotatable bonds is 13. The molecule has 1 saturated heterocycles. The van der Waals surface area contributed by atoms with Gasteiger partial charge in [0.2, 0.25) is 16.9 Å². The van der Waals surface area contributed by atoms with Crippen molar-refractivity contribution >= 4 is 63.1 Å². The minimum atomic E-state index is -0.796. The number of carbonyl (C=O) groups is 2. The SMILES string of the molecule is Cc1cc(Cl)ccc1C[C@@H](N)C(=O)N1C[C@@H](CC(C)C)N(C(=O)[C@@H](N)Cc2ccc(Cl)cc2Cl)CC1CCCNc1nncs1.